The molecule has 0 unspecified atom stereocenters. The van der Waals surface area contributed by atoms with Gasteiger partial charge in [0.05, 0.1) is 18.2 Å². The maximum atomic E-state index is 12.3. The van der Waals surface area contributed by atoms with Crippen LogP contribution < -0.4 is 0 Å². The normalized spacial score (nSPS) is 11.1. The van der Waals surface area contributed by atoms with Crippen LogP contribution in [-0.2, 0) is 14.3 Å². The van der Waals surface area contributed by atoms with Crippen LogP contribution in [0.25, 0.3) is 0 Å². The zero-order valence-corrected chi connectivity index (χ0v) is 12.6. The smallest absolute Gasteiger partial charge is 0.345 e. The second-order valence-electron chi connectivity index (χ2n) is 3.66. The van der Waals surface area contributed by atoms with Gasteiger partial charge < -0.3 is 9.47 Å². The third-order valence-electron chi connectivity index (χ3n) is 2.28. The summed E-state index contributed by atoms with van der Waals surface area (Å²) in [6, 6.07) is 4.40. The average Bonchev–Trinajstić information content (AvgIpc) is 2.39. The molecule has 0 saturated carbocycles. The highest BCUT2D eigenvalue weighted by atomic mass is 35.5. The first-order valence-corrected chi connectivity index (χ1v) is 6.75. The van der Waals surface area contributed by atoms with Crippen molar-refractivity contribution in [3.05, 3.63) is 45.6 Å². The highest BCUT2D eigenvalue weighted by Gasteiger charge is 2.23. The number of halogens is 2. The fourth-order valence-electron chi connectivity index (χ4n) is 1.39. The molecule has 4 nitrogen and oxygen atoms in total. The third-order valence-corrected chi connectivity index (χ3v) is 2.83. The average molecular weight is 317 g/mol. The molecule has 108 valence electrons. The second kappa shape index (κ2) is 7.92. The molecule has 0 aromatic heterocycles. The van der Waals surface area contributed by atoms with Crippen LogP contribution in [0.15, 0.2) is 30.0 Å². The van der Waals surface area contributed by atoms with E-state index in [-0.39, 0.29) is 22.8 Å². The van der Waals surface area contributed by atoms with Crippen LogP contribution in [0.4, 0.5) is 0 Å². The highest BCUT2D eigenvalue weighted by molar-refractivity contribution is 6.38. The van der Waals surface area contributed by atoms with Crippen LogP contribution in [-0.4, -0.2) is 25.0 Å². The lowest BCUT2D eigenvalue weighted by atomic mass is 10.0. The molecule has 0 amide bonds. The molecule has 1 rings (SSSR count). The minimum Gasteiger partial charge on any atom is -0.500 e. The van der Waals surface area contributed by atoms with E-state index in [0.717, 1.165) is 6.26 Å². The molecule has 1 aromatic rings. The number of hydrogen-bond acceptors (Lipinski definition) is 4. The van der Waals surface area contributed by atoms with Crippen molar-refractivity contribution in [2.24, 2.45) is 0 Å². The number of ketones is 1. The van der Waals surface area contributed by atoms with Crippen LogP contribution in [0.5, 0.6) is 0 Å². The Bertz CT molecular complexity index is 538. The van der Waals surface area contributed by atoms with Crippen molar-refractivity contribution in [1.29, 1.82) is 0 Å². The molecule has 0 fully saturated rings. The molecule has 0 bridgehead atoms. The summed E-state index contributed by atoms with van der Waals surface area (Å²) in [5, 5.41) is 0.562. The van der Waals surface area contributed by atoms with E-state index in [4.69, 9.17) is 32.7 Å². The summed E-state index contributed by atoms with van der Waals surface area (Å²) in [7, 11) is 0. The number of esters is 1. The Hall–Kier alpha value is -1.52. The largest absolute Gasteiger partial charge is 0.500 e. The Balaban J connectivity index is 3.13. The number of benzene rings is 1. The number of ether oxygens (including phenoxy) is 2. The van der Waals surface area contributed by atoms with Gasteiger partial charge in [-0.3, -0.25) is 4.79 Å². The summed E-state index contributed by atoms with van der Waals surface area (Å²) in [5.74, 6) is -1.32. The predicted octanol–water partition coefficient (Wildman–Crippen LogP) is 3.66. The maximum absolute atomic E-state index is 12.3. The first kappa shape index (κ1) is 16.5. The molecule has 0 radical (unpaired) electrons. The molecule has 20 heavy (non-hydrogen) atoms. The van der Waals surface area contributed by atoms with Crippen LogP contribution in [0.3, 0.4) is 0 Å². The summed E-state index contributed by atoms with van der Waals surface area (Å²) in [4.78, 5) is 24.1. The van der Waals surface area contributed by atoms with E-state index in [1.807, 2.05) is 0 Å². The van der Waals surface area contributed by atoms with E-state index < -0.39 is 11.8 Å². The van der Waals surface area contributed by atoms with Crippen LogP contribution in [0, 0.1) is 0 Å². The Labute approximate surface area is 127 Å². The predicted molar refractivity (Wildman–Crippen MR) is 77.1 cm³/mol. The lowest BCUT2D eigenvalue weighted by Crippen LogP contribution is -2.17. The van der Waals surface area contributed by atoms with Gasteiger partial charge in [0.25, 0.3) is 0 Å². The summed E-state index contributed by atoms with van der Waals surface area (Å²) >= 11 is 11.7. The zero-order valence-electron chi connectivity index (χ0n) is 11.1. The van der Waals surface area contributed by atoms with E-state index in [0.29, 0.717) is 11.6 Å². The third kappa shape index (κ3) is 4.25. The number of Topliss-reactive ketones (excluding diaryl/α,β-unsaturated/α-hetero) is 1. The van der Waals surface area contributed by atoms with Crippen molar-refractivity contribution in [2.45, 2.75) is 13.8 Å². The standard InChI is InChI=1S/C14H14Cl2O4/c1-3-19-8-11(14(18)20-4-2)13(17)10-6-5-9(15)7-12(10)16/h5-8H,3-4H2,1-2H3. The minimum atomic E-state index is -0.753. The van der Waals surface area contributed by atoms with Crippen molar-refractivity contribution in [3.63, 3.8) is 0 Å². The van der Waals surface area contributed by atoms with Crippen LogP contribution in [0.2, 0.25) is 10.0 Å². The summed E-state index contributed by atoms with van der Waals surface area (Å²) in [6.45, 7) is 3.86. The van der Waals surface area contributed by atoms with E-state index in [1.165, 1.54) is 18.2 Å². The Morgan fingerprint density at radius 1 is 1.20 bits per heavy atom. The summed E-state index contributed by atoms with van der Waals surface area (Å²) < 4.78 is 9.85. The van der Waals surface area contributed by atoms with Gasteiger partial charge in [-0.25, -0.2) is 4.79 Å². The van der Waals surface area contributed by atoms with E-state index in [9.17, 15) is 9.59 Å². The molecule has 0 spiro atoms. The SMILES string of the molecule is CCOC=C(C(=O)OCC)C(=O)c1ccc(Cl)cc1Cl. The van der Waals surface area contributed by atoms with Gasteiger partial charge >= 0.3 is 5.97 Å². The molecule has 0 aliphatic carbocycles. The molecular weight excluding hydrogens is 303 g/mol. The quantitative estimate of drug-likeness (QED) is 0.201. The van der Waals surface area contributed by atoms with E-state index in [2.05, 4.69) is 0 Å². The number of carbonyl (C=O) groups is 2. The van der Waals surface area contributed by atoms with Gasteiger partial charge in [-0.05, 0) is 32.0 Å². The molecule has 0 aliphatic rings. The van der Waals surface area contributed by atoms with E-state index in [1.54, 1.807) is 13.8 Å². The summed E-state index contributed by atoms with van der Waals surface area (Å²) in [5.41, 5.74) is -0.0482. The number of hydrogen-bond donors (Lipinski definition) is 0. The topological polar surface area (TPSA) is 52.6 Å². The van der Waals surface area contributed by atoms with E-state index >= 15 is 0 Å². The molecule has 0 atom stereocenters. The molecule has 6 heteroatoms. The lowest BCUT2D eigenvalue weighted by Gasteiger charge is -2.08. The molecule has 0 saturated heterocycles. The second-order valence-corrected chi connectivity index (χ2v) is 4.50. The lowest BCUT2D eigenvalue weighted by molar-refractivity contribution is -0.138. The van der Waals surface area contributed by atoms with Gasteiger partial charge in [0.2, 0.25) is 5.78 Å². The molecule has 0 aliphatic heterocycles. The Morgan fingerprint density at radius 2 is 1.90 bits per heavy atom. The fourth-order valence-corrected chi connectivity index (χ4v) is 1.88. The van der Waals surface area contributed by atoms with Crippen molar-refractivity contribution in [1.82, 2.24) is 0 Å². The Kier molecular flexibility index (Phi) is 6.55. The Morgan fingerprint density at radius 3 is 2.45 bits per heavy atom. The maximum Gasteiger partial charge on any atom is 0.345 e. The van der Waals surface area contributed by atoms with Gasteiger partial charge in [0, 0.05) is 10.6 Å². The van der Waals surface area contributed by atoms with Crippen molar-refractivity contribution < 1.29 is 19.1 Å². The van der Waals surface area contributed by atoms with Gasteiger partial charge in [0.1, 0.15) is 11.8 Å². The first-order chi connectivity index (χ1) is 9.51. The number of carbonyl (C=O) groups excluding carboxylic acids is 2. The van der Waals surface area contributed by atoms with Gasteiger partial charge in [-0.2, -0.15) is 0 Å². The van der Waals surface area contributed by atoms with Crippen molar-refractivity contribution in [3.8, 4) is 0 Å². The molecule has 0 heterocycles. The zero-order chi connectivity index (χ0) is 15.1. The molecule has 0 N–H and O–H groups in total. The fraction of sp³-hybridized carbons (Fsp3) is 0.286. The van der Waals surface area contributed by atoms with Gasteiger partial charge in [-0.15, -0.1) is 0 Å². The monoisotopic (exact) mass is 316 g/mol. The number of rotatable bonds is 6. The van der Waals surface area contributed by atoms with Gasteiger partial charge in [-0.1, -0.05) is 23.2 Å². The van der Waals surface area contributed by atoms with Crippen LogP contribution in [0.1, 0.15) is 24.2 Å². The minimum absolute atomic E-state index is 0.157. The molecular formula is C14H14Cl2O4. The first-order valence-electron chi connectivity index (χ1n) is 5.99. The van der Waals surface area contributed by atoms with Crippen molar-refractivity contribution >= 4 is 35.0 Å². The highest BCUT2D eigenvalue weighted by Crippen LogP contribution is 2.23. The van der Waals surface area contributed by atoms with Gasteiger partial charge in [0.15, 0.2) is 0 Å². The van der Waals surface area contributed by atoms with Crippen molar-refractivity contribution in [2.75, 3.05) is 13.2 Å². The molecule has 1 aromatic carbocycles. The summed E-state index contributed by atoms with van der Waals surface area (Å²) in [6.07, 6.45) is 1.09. The van der Waals surface area contributed by atoms with Crippen LogP contribution >= 0.6 is 23.2 Å².